The van der Waals surface area contributed by atoms with Crippen molar-refractivity contribution in [3.8, 4) is 0 Å². The van der Waals surface area contributed by atoms with E-state index in [2.05, 4.69) is 18.8 Å². The van der Waals surface area contributed by atoms with Crippen molar-refractivity contribution in [1.29, 1.82) is 0 Å². The van der Waals surface area contributed by atoms with E-state index in [-0.39, 0.29) is 18.8 Å². The van der Waals surface area contributed by atoms with Crippen LogP contribution in [0.1, 0.15) is 41.1 Å². The van der Waals surface area contributed by atoms with Gasteiger partial charge in [0.1, 0.15) is 17.2 Å². The second-order valence-electron chi connectivity index (χ2n) is 6.27. The third kappa shape index (κ3) is 4.88. The maximum Gasteiger partial charge on any atom is 0.326 e. The Bertz CT molecular complexity index is 789. The number of amides is 1. The number of anilines is 1. The predicted octanol–water partition coefficient (Wildman–Crippen LogP) is 4.00. The first-order valence-corrected chi connectivity index (χ1v) is 9.33. The van der Waals surface area contributed by atoms with Crippen molar-refractivity contribution in [3.05, 3.63) is 45.7 Å². The standard InChI is InChI=1S/C19H23FN2O3S/c1-5-25-17(23)11-22(15-9-7-6-8-14(15)20)19(24)18-13(4)21-16(26-18)10-12(2)3/h6-9,12H,5,10-11H2,1-4H3. The Morgan fingerprint density at radius 1 is 1.31 bits per heavy atom. The van der Waals surface area contributed by atoms with Crippen LogP contribution in [-0.4, -0.2) is 30.0 Å². The maximum absolute atomic E-state index is 14.3. The van der Waals surface area contributed by atoms with E-state index in [0.717, 1.165) is 16.3 Å². The molecule has 140 valence electrons. The molecule has 5 nitrogen and oxygen atoms in total. The Hall–Kier alpha value is -2.28. The topological polar surface area (TPSA) is 59.5 Å². The highest BCUT2D eigenvalue weighted by molar-refractivity contribution is 7.14. The van der Waals surface area contributed by atoms with E-state index in [1.54, 1.807) is 19.9 Å². The molecular weight excluding hydrogens is 355 g/mol. The Kier molecular flexibility index (Phi) is 6.85. The van der Waals surface area contributed by atoms with Gasteiger partial charge in [-0.05, 0) is 31.9 Å². The number of carbonyl (C=O) groups is 2. The zero-order valence-corrected chi connectivity index (χ0v) is 16.2. The second-order valence-corrected chi connectivity index (χ2v) is 7.35. The molecule has 2 aromatic rings. The molecule has 1 aromatic carbocycles. The van der Waals surface area contributed by atoms with Crippen molar-refractivity contribution in [2.24, 2.45) is 5.92 Å². The number of esters is 1. The highest BCUT2D eigenvalue weighted by Gasteiger charge is 2.27. The molecule has 0 aliphatic carbocycles. The molecule has 0 aliphatic heterocycles. The number of hydrogen-bond acceptors (Lipinski definition) is 5. The molecule has 1 amide bonds. The third-order valence-corrected chi connectivity index (χ3v) is 4.77. The van der Waals surface area contributed by atoms with Crippen LogP contribution in [0.25, 0.3) is 0 Å². The first-order valence-electron chi connectivity index (χ1n) is 8.51. The highest BCUT2D eigenvalue weighted by Crippen LogP contribution is 2.26. The summed E-state index contributed by atoms with van der Waals surface area (Å²) in [5, 5.41) is 0.852. The number of aryl methyl sites for hydroxylation is 1. The number of nitrogens with zero attached hydrogens (tertiary/aromatic N) is 2. The molecule has 0 radical (unpaired) electrons. The van der Waals surface area contributed by atoms with Gasteiger partial charge >= 0.3 is 5.97 Å². The lowest BCUT2D eigenvalue weighted by Gasteiger charge is -2.22. The third-order valence-electron chi connectivity index (χ3n) is 3.60. The maximum atomic E-state index is 14.3. The molecule has 0 atom stereocenters. The molecule has 2 rings (SSSR count). The minimum Gasteiger partial charge on any atom is -0.465 e. The van der Waals surface area contributed by atoms with E-state index in [4.69, 9.17) is 4.74 Å². The number of thiazole rings is 1. The van der Waals surface area contributed by atoms with E-state index in [9.17, 15) is 14.0 Å². The lowest BCUT2D eigenvalue weighted by atomic mass is 10.1. The Morgan fingerprint density at radius 3 is 2.62 bits per heavy atom. The summed E-state index contributed by atoms with van der Waals surface area (Å²) in [4.78, 5) is 31.0. The zero-order chi connectivity index (χ0) is 19.3. The summed E-state index contributed by atoms with van der Waals surface area (Å²) in [6.45, 7) is 7.41. The van der Waals surface area contributed by atoms with E-state index in [0.29, 0.717) is 16.5 Å². The van der Waals surface area contributed by atoms with Gasteiger partial charge in [0.15, 0.2) is 0 Å². The SMILES string of the molecule is CCOC(=O)CN(C(=O)c1sc(CC(C)C)nc1C)c1ccccc1F. The van der Waals surface area contributed by atoms with Crippen LogP contribution >= 0.6 is 11.3 Å². The van der Waals surface area contributed by atoms with Crippen LogP contribution in [0.2, 0.25) is 0 Å². The van der Waals surface area contributed by atoms with Gasteiger partial charge in [-0.15, -0.1) is 11.3 Å². The first-order chi connectivity index (χ1) is 12.3. The molecular formula is C19H23FN2O3S. The van der Waals surface area contributed by atoms with Gasteiger partial charge in [-0.1, -0.05) is 26.0 Å². The number of aromatic nitrogens is 1. The largest absolute Gasteiger partial charge is 0.465 e. The molecule has 1 heterocycles. The van der Waals surface area contributed by atoms with Crippen molar-refractivity contribution in [2.75, 3.05) is 18.1 Å². The van der Waals surface area contributed by atoms with Crippen molar-refractivity contribution in [1.82, 2.24) is 4.98 Å². The van der Waals surface area contributed by atoms with Gasteiger partial charge in [0.2, 0.25) is 0 Å². The van der Waals surface area contributed by atoms with Gasteiger partial charge in [0.25, 0.3) is 5.91 Å². The van der Waals surface area contributed by atoms with Crippen LogP contribution in [0.15, 0.2) is 24.3 Å². The highest BCUT2D eigenvalue weighted by atomic mass is 32.1. The molecule has 0 fully saturated rings. The van der Waals surface area contributed by atoms with Crippen LogP contribution in [0, 0.1) is 18.7 Å². The minimum atomic E-state index is -0.589. The quantitative estimate of drug-likeness (QED) is 0.684. The zero-order valence-electron chi connectivity index (χ0n) is 15.4. The smallest absolute Gasteiger partial charge is 0.326 e. The molecule has 0 saturated carbocycles. The van der Waals surface area contributed by atoms with Gasteiger partial charge in [-0.2, -0.15) is 0 Å². The van der Waals surface area contributed by atoms with Crippen LogP contribution in [0.4, 0.5) is 10.1 Å². The number of hydrogen-bond donors (Lipinski definition) is 0. The van der Waals surface area contributed by atoms with Gasteiger partial charge in [0.05, 0.1) is 23.0 Å². The predicted molar refractivity (Wildman–Crippen MR) is 100 cm³/mol. The molecule has 0 unspecified atom stereocenters. The van der Waals surface area contributed by atoms with Gasteiger partial charge < -0.3 is 4.74 Å². The number of rotatable bonds is 7. The van der Waals surface area contributed by atoms with Gasteiger partial charge in [0, 0.05) is 6.42 Å². The van der Waals surface area contributed by atoms with Crippen molar-refractivity contribution >= 4 is 28.9 Å². The summed E-state index contributed by atoms with van der Waals surface area (Å²) in [6.07, 6.45) is 0.760. The van der Waals surface area contributed by atoms with Crippen molar-refractivity contribution < 1.29 is 18.7 Å². The van der Waals surface area contributed by atoms with Crippen LogP contribution in [-0.2, 0) is 16.0 Å². The van der Waals surface area contributed by atoms with E-state index >= 15 is 0 Å². The lowest BCUT2D eigenvalue weighted by molar-refractivity contribution is -0.141. The monoisotopic (exact) mass is 378 g/mol. The molecule has 0 spiro atoms. The lowest BCUT2D eigenvalue weighted by Crippen LogP contribution is -2.37. The average Bonchev–Trinajstić information content (AvgIpc) is 2.92. The summed E-state index contributed by atoms with van der Waals surface area (Å²) < 4.78 is 19.2. The van der Waals surface area contributed by atoms with E-state index in [1.165, 1.54) is 29.5 Å². The summed E-state index contributed by atoms with van der Waals surface area (Å²) in [6, 6.07) is 5.88. The van der Waals surface area contributed by atoms with Crippen molar-refractivity contribution in [2.45, 2.75) is 34.1 Å². The number of ether oxygens (including phenoxy) is 1. The fourth-order valence-corrected chi connectivity index (χ4v) is 3.71. The molecule has 0 saturated heterocycles. The summed E-state index contributed by atoms with van der Waals surface area (Å²) in [5.41, 5.74) is 0.629. The molecule has 26 heavy (non-hydrogen) atoms. The normalized spacial score (nSPS) is 10.8. The van der Waals surface area contributed by atoms with Crippen molar-refractivity contribution in [3.63, 3.8) is 0 Å². The summed E-state index contributed by atoms with van der Waals surface area (Å²) >= 11 is 1.29. The Balaban J connectivity index is 2.38. The molecule has 7 heteroatoms. The fourth-order valence-electron chi connectivity index (χ4n) is 2.48. The molecule has 0 bridgehead atoms. The number of halogens is 1. The molecule has 0 aliphatic rings. The fraction of sp³-hybridized carbons (Fsp3) is 0.421. The van der Waals surface area contributed by atoms with E-state index < -0.39 is 17.7 Å². The summed E-state index contributed by atoms with van der Waals surface area (Å²) in [5.74, 6) is -1.21. The first kappa shape index (κ1) is 20.0. The number of benzene rings is 1. The summed E-state index contributed by atoms with van der Waals surface area (Å²) in [7, 11) is 0. The van der Waals surface area contributed by atoms with Gasteiger partial charge in [-0.25, -0.2) is 9.37 Å². The second kappa shape index (κ2) is 8.89. The van der Waals surface area contributed by atoms with E-state index in [1.807, 2.05) is 0 Å². The van der Waals surface area contributed by atoms with Gasteiger partial charge in [-0.3, -0.25) is 14.5 Å². The Labute approximate surface area is 156 Å². The molecule has 1 aromatic heterocycles. The number of carbonyl (C=O) groups excluding carboxylic acids is 2. The number of para-hydroxylation sites is 1. The minimum absolute atomic E-state index is 0.0452. The van der Waals surface area contributed by atoms with Crippen LogP contribution in [0.3, 0.4) is 0 Å². The van der Waals surface area contributed by atoms with Crippen LogP contribution in [0.5, 0.6) is 0 Å². The van der Waals surface area contributed by atoms with Crippen LogP contribution < -0.4 is 4.90 Å². The Morgan fingerprint density at radius 2 is 2.00 bits per heavy atom. The average molecular weight is 378 g/mol. The molecule has 0 N–H and O–H groups in total.